The minimum Gasteiger partial charge on any atom is -0.508 e. The lowest BCUT2D eigenvalue weighted by atomic mass is 9.95. The van der Waals surface area contributed by atoms with E-state index in [0.717, 1.165) is 5.56 Å². The van der Waals surface area contributed by atoms with Gasteiger partial charge in [-0.15, -0.1) is 27.8 Å². The number of ether oxygens (including phenoxy) is 2. The molecular weight excluding hydrogens is 1360 g/mol. The summed E-state index contributed by atoms with van der Waals surface area (Å²) in [5, 5.41) is 40.0. The van der Waals surface area contributed by atoms with Crippen LogP contribution in [0, 0.1) is 11.6 Å². The Morgan fingerprint density at radius 1 is 0.596 bits per heavy atom. The van der Waals surface area contributed by atoms with E-state index in [-0.39, 0.29) is 63.4 Å². The third kappa shape index (κ3) is 14.1. The molecule has 4 atom stereocenters. The van der Waals surface area contributed by atoms with Crippen molar-refractivity contribution in [3.05, 3.63) is 233 Å². The van der Waals surface area contributed by atoms with Gasteiger partial charge in [-0.3, -0.25) is 39.1 Å². The van der Waals surface area contributed by atoms with Crippen LogP contribution in [0.15, 0.2) is 178 Å². The molecule has 4 saturated heterocycles. The standard InChI is InChI=1S/C34H30ClFN8O5S.C34H32ClFN8O4S/c1-19(45)20-3-5-21(6-4-20)32(46)44-11-9-27(40-44)43-17-23-16-41(12-13-42(23)34(43)48)18-26-28(33(47)49-2)29(24-8-7-22(36)15-25(24)35)39-30(38-26)31-37-10-14-50-31;1-20(45)22-5-3-21(4-6-22)16-42-11-9-28(40-42)44-18-24-17-41(12-13-43(24)34(44)47)19-27-29(33(46)48-2)30(25-8-7-23(36)15-26(25)35)39-31(38-27)32-37-10-14-49-32/h3-11,14-15,23,29,45H,1,12-13,16-18H2,2H3,(H,38,39);3-11,14-15,24,30,45H,1,12-13,16-19H2,2H3,(H,38,39)/t23-,29-;24-,30-/m00/s1. The number of esters is 2. The molecule has 6 aliphatic rings. The van der Waals surface area contributed by atoms with Crippen LogP contribution in [0.25, 0.3) is 11.5 Å². The van der Waals surface area contributed by atoms with E-state index in [9.17, 15) is 43.0 Å². The second kappa shape index (κ2) is 28.6. The van der Waals surface area contributed by atoms with Gasteiger partial charge in [0, 0.05) is 149 Å². The number of aromatic nitrogens is 6. The number of aliphatic hydroxyl groups is 2. The molecule has 14 rings (SSSR count). The summed E-state index contributed by atoms with van der Waals surface area (Å²) in [6, 6.07) is 22.8. The van der Waals surface area contributed by atoms with Crippen LogP contribution in [0.1, 0.15) is 60.3 Å². The normalized spacial score (nSPS) is 19.4. The van der Waals surface area contributed by atoms with Crippen LogP contribution < -0.4 is 20.4 Å². The van der Waals surface area contributed by atoms with E-state index in [1.807, 2.05) is 40.1 Å². The Hall–Kier alpha value is -10.4. The number of nitrogens with zero attached hydrogens (tertiary/aromatic N) is 14. The number of piperazine rings is 2. The summed E-state index contributed by atoms with van der Waals surface area (Å²) in [4.78, 5) is 96.4. The summed E-state index contributed by atoms with van der Waals surface area (Å²) in [6.07, 6.45) is 6.67. The molecule has 4 fully saturated rings. The lowest BCUT2D eigenvalue weighted by molar-refractivity contribution is -0.137. The average Bonchev–Trinajstić information content (AvgIpc) is 1.68. The maximum atomic E-state index is 14.0. The Bertz CT molecular complexity index is 4620. The molecule has 4 aromatic carbocycles. The number of halogens is 4. The maximum Gasteiger partial charge on any atom is 0.338 e. The highest BCUT2D eigenvalue weighted by Crippen LogP contribution is 2.40. The zero-order valence-electron chi connectivity index (χ0n) is 53.0. The predicted molar refractivity (Wildman–Crippen MR) is 369 cm³/mol. The van der Waals surface area contributed by atoms with Gasteiger partial charge in [0.05, 0.1) is 57.1 Å². The number of fused-ring (bicyclic) bond motifs is 2. The van der Waals surface area contributed by atoms with Crippen LogP contribution in [0.3, 0.4) is 0 Å². The summed E-state index contributed by atoms with van der Waals surface area (Å²) >= 11 is 15.7. The molecule has 0 aliphatic carbocycles. The van der Waals surface area contributed by atoms with Crippen molar-refractivity contribution in [2.24, 2.45) is 9.98 Å². The number of benzene rings is 4. The van der Waals surface area contributed by atoms with Gasteiger partial charge in [0.2, 0.25) is 0 Å². The third-order valence-electron chi connectivity index (χ3n) is 17.5. The van der Waals surface area contributed by atoms with E-state index in [4.69, 9.17) is 42.7 Å². The van der Waals surface area contributed by atoms with Gasteiger partial charge < -0.3 is 40.1 Å². The van der Waals surface area contributed by atoms with Crippen LogP contribution >= 0.6 is 45.9 Å². The Morgan fingerprint density at radius 3 is 1.49 bits per heavy atom. The summed E-state index contributed by atoms with van der Waals surface area (Å²) in [5.74, 6) is -0.867. The van der Waals surface area contributed by atoms with Crippen molar-refractivity contribution < 1.29 is 52.4 Å². The minimum absolute atomic E-state index is 0.0134. The maximum absolute atomic E-state index is 14.0. The van der Waals surface area contributed by atoms with Gasteiger partial charge in [-0.05, 0) is 42.0 Å². The number of aliphatic hydroxyl groups excluding tert-OH is 2. The van der Waals surface area contributed by atoms with Gasteiger partial charge in [0.25, 0.3) is 5.91 Å². The number of urea groups is 2. The molecule has 508 valence electrons. The molecule has 6 aliphatic heterocycles. The van der Waals surface area contributed by atoms with Crippen molar-refractivity contribution >= 4 is 111 Å². The Balaban J connectivity index is 0.000000178. The molecule has 0 spiro atoms. The Labute approximate surface area is 583 Å². The molecule has 31 heteroatoms. The number of thiazole rings is 2. The van der Waals surface area contributed by atoms with Crippen molar-refractivity contribution in [2.75, 3.05) is 89.5 Å². The molecule has 0 radical (unpaired) electrons. The Morgan fingerprint density at radius 2 is 1.05 bits per heavy atom. The van der Waals surface area contributed by atoms with E-state index >= 15 is 0 Å². The highest BCUT2D eigenvalue weighted by molar-refractivity contribution is 7.12. The lowest BCUT2D eigenvalue weighted by Gasteiger charge is -2.38. The number of anilines is 2. The Kier molecular flexibility index (Phi) is 19.4. The van der Waals surface area contributed by atoms with Gasteiger partial charge in [-0.25, -0.2) is 42.6 Å². The molecule has 0 saturated carbocycles. The zero-order chi connectivity index (χ0) is 69.3. The first-order valence-electron chi connectivity index (χ1n) is 31.0. The number of aliphatic imine (C=N–C) groups is 2. The highest BCUT2D eigenvalue weighted by Gasteiger charge is 2.45. The van der Waals surface area contributed by atoms with Gasteiger partial charge in [0.15, 0.2) is 33.3 Å². The van der Waals surface area contributed by atoms with Gasteiger partial charge in [-0.1, -0.05) is 84.9 Å². The number of carbonyl (C=O) groups excluding carboxylic acids is 5. The van der Waals surface area contributed by atoms with Crippen molar-refractivity contribution in [3.8, 4) is 0 Å². The van der Waals surface area contributed by atoms with Crippen LogP contribution in [0.2, 0.25) is 10.0 Å². The number of nitrogens with one attached hydrogen (secondary N) is 2. The molecule has 0 unspecified atom stereocenters. The second-order valence-corrected chi connectivity index (χ2v) is 26.3. The first-order valence-corrected chi connectivity index (χ1v) is 33.5. The number of amides is 4. The first kappa shape index (κ1) is 67.2. The van der Waals surface area contributed by atoms with Gasteiger partial charge >= 0.3 is 24.0 Å². The zero-order valence-corrected chi connectivity index (χ0v) is 56.2. The minimum atomic E-state index is -0.888. The predicted octanol–water partition coefficient (Wildman–Crippen LogP) is 9.35. The lowest BCUT2D eigenvalue weighted by Crippen LogP contribution is -2.53. The molecule has 10 heterocycles. The van der Waals surface area contributed by atoms with E-state index in [1.54, 1.807) is 74.2 Å². The number of hydrogen-bond donors (Lipinski definition) is 4. The fraction of sp³-hybridized carbons (Fsp3) is 0.250. The molecule has 4 amide bonds. The van der Waals surface area contributed by atoms with Crippen LogP contribution in [0.4, 0.5) is 30.0 Å². The van der Waals surface area contributed by atoms with Crippen molar-refractivity contribution in [3.63, 3.8) is 0 Å². The van der Waals surface area contributed by atoms with Crippen molar-refractivity contribution in [1.82, 2.24) is 59.8 Å². The molecule has 4 N–H and O–H groups in total. The molecule has 99 heavy (non-hydrogen) atoms. The largest absolute Gasteiger partial charge is 0.508 e. The smallest absolute Gasteiger partial charge is 0.338 e. The highest BCUT2D eigenvalue weighted by atomic mass is 35.5. The number of hydrogen-bond acceptors (Lipinski definition) is 21. The number of carbonyl (C=O) groups is 5. The number of methoxy groups -OCH3 is 2. The fourth-order valence-corrected chi connectivity index (χ4v) is 14.4. The molecule has 0 bridgehead atoms. The van der Waals surface area contributed by atoms with E-state index < -0.39 is 41.6 Å². The van der Waals surface area contributed by atoms with E-state index in [0.29, 0.717) is 138 Å². The van der Waals surface area contributed by atoms with Crippen LogP contribution in [-0.4, -0.2) is 193 Å². The van der Waals surface area contributed by atoms with Crippen molar-refractivity contribution in [2.45, 2.75) is 30.7 Å². The van der Waals surface area contributed by atoms with Crippen molar-refractivity contribution in [1.29, 1.82) is 0 Å². The van der Waals surface area contributed by atoms with Crippen LogP contribution in [0.5, 0.6) is 0 Å². The summed E-state index contributed by atoms with van der Waals surface area (Å²) in [5.41, 5.74) is 5.01. The second-order valence-electron chi connectivity index (χ2n) is 23.7. The average molecular weight is 1420 g/mol. The summed E-state index contributed by atoms with van der Waals surface area (Å²) < 4.78 is 41.4. The van der Waals surface area contributed by atoms with E-state index in [1.165, 1.54) is 84.2 Å². The monoisotopic (exact) mass is 1420 g/mol. The summed E-state index contributed by atoms with van der Waals surface area (Å²) in [6.45, 7) is 12.0. The van der Waals surface area contributed by atoms with Crippen LogP contribution in [-0.2, 0) is 25.6 Å². The third-order valence-corrected chi connectivity index (χ3v) is 19.8. The SMILES string of the molecule is C=C(O)c1ccc(C(=O)n2ccc(N3C[C@@H]4CN(CC5=C(C(=O)OC)[C@H](c6ccc(F)cc6Cl)N=C(c6nccs6)N5)CCN4C3=O)n2)cc1.C=C(O)c1ccc(Cn2ccc(N3C[C@@H]4CN(CC5=C(C(=O)OC)[C@H](c6ccc(F)cc6Cl)N=C(c6nccs6)N5)CCN4C3=O)n2)cc1. The summed E-state index contributed by atoms with van der Waals surface area (Å²) in [7, 11) is 2.59. The fourth-order valence-electron chi connectivity index (χ4n) is 12.7. The molecular formula is C68H62Cl2F2N16O9S2. The molecule has 8 aromatic rings. The number of amidine groups is 2. The van der Waals surface area contributed by atoms with Gasteiger partial charge in [-0.2, -0.15) is 5.10 Å². The topological polar surface area (TPSA) is 274 Å². The quantitative estimate of drug-likeness (QED) is 0.0488. The number of rotatable bonds is 17. The first-order chi connectivity index (χ1) is 47.8. The molecule has 4 aromatic heterocycles. The van der Waals surface area contributed by atoms with Gasteiger partial charge in [0.1, 0.15) is 35.2 Å². The molecule has 25 nitrogen and oxygen atoms in total. The van der Waals surface area contributed by atoms with E-state index in [2.05, 4.69) is 53.8 Å².